The van der Waals surface area contributed by atoms with Gasteiger partial charge in [-0.15, -0.1) is 0 Å². The second-order valence-corrected chi connectivity index (χ2v) is 4.16. The van der Waals surface area contributed by atoms with E-state index in [9.17, 15) is 5.11 Å². The zero-order valence-electron chi connectivity index (χ0n) is 10.5. The van der Waals surface area contributed by atoms with Crippen molar-refractivity contribution in [3.05, 3.63) is 66.7 Å². The van der Waals surface area contributed by atoms with Gasteiger partial charge in [0.1, 0.15) is 5.75 Å². The number of phenols is 1. The van der Waals surface area contributed by atoms with E-state index in [1.165, 1.54) is 0 Å². The van der Waals surface area contributed by atoms with Gasteiger partial charge in [0.15, 0.2) is 0 Å². The summed E-state index contributed by atoms with van der Waals surface area (Å²) < 4.78 is 0. The molecule has 0 aliphatic carbocycles. The summed E-state index contributed by atoms with van der Waals surface area (Å²) in [5.74, 6) is 0.350. The second-order valence-electron chi connectivity index (χ2n) is 4.16. The molecule has 3 aromatic rings. The molecule has 0 fully saturated rings. The van der Waals surface area contributed by atoms with Gasteiger partial charge in [-0.25, -0.2) is 0 Å². The summed E-state index contributed by atoms with van der Waals surface area (Å²) in [6, 6.07) is 20.4. The van der Waals surface area contributed by atoms with Crippen LogP contribution in [-0.2, 0) is 0 Å². The zero-order chi connectivity index (χ0) is 13.7. The van der Waals surface area contributed by atoms with Gasteiger partial charge in [0, 0.05) is 16.8 Å². The topological polar surface area (TPSA) is 72.3 Å². The molecule has 0 unspecified atom stereocenters. The Morgan fingerprint density at radius 3 is 1.74 bits per heavy atom. The van der Waals surface area contributed by atoms with Gasteiger partial charge in [0.25, 0.3) is 0 Å². The number of nitrogen functional groups attached to an aromatic ring is 2. The van der Waals surface area contributed by atoms with Crippen LogP contribution < -0.4 is 11.5 Å². The summed E-state index contributed by atoms with van der Waals surface area (Å²) in [6.07, 6.45) is 0. The lowest BCUT2D eigenvalue weighted by Gasteiger charge is -1.97. The normalized spacial score (nSPS) is 9.68. The van der Waals surface area contributed by atoms with Gasteiger partial charge in [0.2, 0.25) is 0 Å². The Kier molecular flexibility index (Phi) is 3.88. The molecule has 3 heteroatoms. The van der Waals surface area contributed by atoms with Crippen LogP contribution in [-0.4, -0.2) is 5.11 Å². The minimum absolute atomic E-state index is 0.350. The van der Waals surface area contributed by atoms with Crippen LogP contribution in [0.4, 0.5) is 11.4 Å². The highest BCUT2D eigenvalue weighted by Gasteiger charge is 1.94. The van der Waals surface area contributed by atoms with E-state index in [2.05, 4.69) is 0 Å². The first kappa shape index (κ1) is 12.8. The third-order valence-electron chi connectivity index (χ3n) is 2.70. The Morgan fingerprint density at radius 1 is 0.632 bits per heavy atom. The van der Waals surface area contributed by atoms with Crippen LogP contribution in [0, 0.1) is 0 Å². The number of hydrogen-bond donors (Lipinski definition) is 3. The highest BCUT2D eigenvalue weighted by Crippen LogP contribution is 2.22. The molecule has 3 aromatic carbocycles. The minimum Gasteiger partial charge on any atom is -0.507 e. The standard InChI is InChI=1S/C10H8O.C6H8N2/c11-10-7-3-5-8-4-1-2-6-9(8)10;7-5-1-2-6(8)4-3-5/h1-7,11H;1-4H,7-8H2. The molecule has 0 heterocycles. The molecule has 0 bridgehead atoms. The third-order valence-corrected chi connectivity index (χ3v) is 2.70. The molecule has 96 valence electrons. The van der Waals surface area contributed by atoms with Crippen molar-refractivity contribution in [1.29, 1.82) is 0 Å². The fourth-order valence-electron chi connectivity index (χ4n) is 1.70. The largest absolute Gasteiger partial charge is 0.507 e. The van der Waals surface area contributed by atoms with E-state index in [1.54, 1.807) is 30.3 Å². The van der Waals surface area contributed by atoms with Crippen LogP contribution in [0.2, 0.25) is 0 Å². The van der Waals surface area contributed by atoms with Crippen molar-refractivity contribution in [2.45, 2.75) is 0 Å². The Hall–Kier alpha value is -2.68. The van der Waals surface area contributed by atoms with Crippen molar-refractivity contribution in [1.82, 2.24) is 0 Å². The van der Waals surface area contributed by atoms with E-state index in [0.29, 0.717) is 5.75 Å². The van der Waals surface area contributed by atoms with Crippen molar-refractivity contribution >= 4 is 22.1 Å². The second kappa shape index (κ2) is 5.78. The number of anilines is 2. The van der Waals surface area contributed by atoms with Gasteiger partial charge in [-0.2, -0.15) is 0 Å². The molecule has 3 nitrogen and oxygen atoms in total. The summed E-state index contributed by atoms with van der Waals surface area (Å²) in [5, 5.41) is 11.4. The van der Waals surface area contributed by atoms with E-state index in [4.69, 9.17) is 11.5 Å². The number of hydrogen-bond acceptors (Lipinski definition) is 3. The maximum atomic E-state index is 9.37. The predicted molar refractivity (Wildman–Crippen MR) is 80.9 cm³/mol. The maximum absolute atomic E-state index is 9.37. The van der Waals surface area contributed by atoms with E-state index in [1.807, 2.05) is 36.4 Å². The molecule has 0 radical (unpaired) electrons. The van der Waals surface area contributed by atoms with Gasteiger partial charge in [-0.3, -0.25) is 0 Å². The van der Waals surface area contributed by atoms with E-state index < -0.39 is 0 Å². The maximum Gasteiger partial charge on any atom is 0.123 e. The van der Waals surface area contributed by atoms with Crippen LogP contribution in [0.25, 0.3) is 10.8 Å². The number of nitrogens with two attached hydrogens (primary N) is 2. The molecule has 0 aliphatic heterocycles. The molecule has 0 amide bonds. The molecule has 0 aliphatic rings. The average molecular weight is 252 g/mol. The number of phenolic OH excluding ortho intramolecular Hbond substituents is 1. The van der Waals surface area contributed by atoms with Crippen LogP contribution in [0.5, 0.6) is 5.75 Å². The van der Waals surface area contributed by atoms with Crippen molar-refractivity contribution in [3.8, 4) is 5.75 Å². The average Bonchev–Trinajstić information content (AvgIpc) is 2.44. The van der Waals surface area contributed by atoms with Crippen molar-refractivity contribution in [2.24, 2.45) is 0 Å². The van der Waals surface area contributed by atoms with Crippen LogP contribution in [0.1, 0.15) is 0 Å². The van der Waals surface area contributed by atoms with E-state index in [0.717, 1.165) is 22.1 Å². The lowest BCUT2D eigenvalue weighted by atomic mass is 10.1. The van der Waals surface area contributed by atoms with Crippen LogP contribution >= 0.6 is 0 Å². The van der Waals surface area contributed by atoms with Gasteiger partial charge < -0.3 is 16.6 Å². The number of benzene rings is 3. The van der Waals surface area contributed by atoms with Crippen molar-refractivity contribution in [3.63, 3.8) is 0 Å². The predicted octanol–water partition coefficient (Wildman–Crippen LogP) is 3.40. The molecule has 0 aromatic heterocycles. The van der Waals surface area contributed by atoms with Gasteiger partial charge >= 0.3 is 0 Å². The fraction of sp³-hybridized carbons (Fsp3) is 0. The first-order valence-electron chi connectivity index (χ1n) is 5.94. The van der Waals surface area contributed by atoms with Crippen molar-refractivity contribution in [2.75, 3.05) is 11.5 Å². The van der Waals surface area contributed by atoms with Crippen LogP contribution in [0.3, 0.4) is 0 Å². The van der Waals surface area contributed by atoms with Gasteiger partial charge in [-0.1, -0.05) is 36.4 Å². The molecule has 0 saturated carbocycles. The SMILES string of the molecule is Nc1ccc(N)cc1.Oc1cccc2ccccc12. The summed E-state index contributed by atoms with van der Waals surface area (Å²) in [5.41, 5.74) is 12.2. The Morgan fingerprint density at radius 2 is 1.16 bits per heavy atom. The quantitative estimate of drug-likeness (QED) is 0.537. The molecule has 5 N–H and O–H groups in total. The highest BCUT2D eigenvalue weighted by atomic mass is 16.3. The molecule has 3 rings (SSSR count). The molecule has 0 spiro atoms. The first-order valence-corrected chi connectivity index (χ1v) is 5.94. The molecular weight excluding hydrogens is 236 g/mol. The molecule has 0 atom stereocenters. The highest BCUT2D eigenvalue weighted by molar-refractivity contribution is 5.87. The van der Waals surface area contributed by atoms with Crippen LogP contribution in [0.15, 0.2) is 66.7 Å². The summed E-state index contributed by atoms with van der Waals surface area (Å²) in [7, 11) is 0. The van der Waals surface area contributed by atoms with Gasteiger partial charge in [0.05, 0.1) is 0 Å². The smallest absolute Gasteiger partial charge is 0.123 e. The van der Waals surface area contributed by atoms with Crippen molar-refractivity contribution < 1.29 is 5.11 Å². The Labute approximate surface area is 112 Å². The number of fused-ring (bicyclic) bond motifs is 1. The van der Waals surface area contributed by atoms with E-state index in [-0.39, 0.29) is 0 Å². The lowest BCUT2D eigenvalue weighted by molar-refractivity contribution is 0.481. The Balaban J connectivity index is 0.000000148. The zero-order valence-corrected chi connectivity index (χ0v) is 10.5. The van der Waals surface area contributed by atoms with Gasteiger partial charge in [-0.05, 0) is 35.7 Å². The minimum atomic E-state index is 0.350. The monoisotopic (exact) mass is 252 g/mol. The Bertz CT molecular complexity index is 637. The number of rotatable bonds is 0. The van der Waals surface area contributed by atoms with E-state index >= 15 is 0 Å². The summed E-state index contributed by atoms with van der Waals surface area (Å²) in [6.45, 7) is 0. The molecule has 0 saturated heterocycles. The molecular formula is C16H16N2O. The fourth-order valence-corrected chi connectivity index (χ4v) is 1.70. The summed E-state index contributed by atoms with van der Waals surface area (Å²) >= 11 is 0. The summed E-state index contributed by atoms with van der Waals surface area (Å²) in [4.78, 5) is 0. The number of aromatic hydroxyl groups is 1. The first-order chi connectivity index (χ1) is 9.16. The molecule has 19 heavy (non-hydrogen) atoms. The lowest BCUT2D eigenvalue weighted by Crippen LogP contribution is -1.86. The third kappa shape index (κ3) is 3.39.